The van der Waals surface area contributed by atoms with Gasteiger partial charge >= 0.3 is 6.09 Å². The molecule has 0 bridgehead atoms. The monoisotopic (exact) mass is 550 g/mol. The molecule has 2 unspecified atom stereocenters. The largest absolute Gasteiger partial charge is 0.465 e. The van der Waals surface area contributed by atoms with Gasteiger partial charge in [-0.15, -0.1) is 0 Å². The normalized spacial score (nSPS) is 20.3. The Morgan fingerprint density at radius 3 is 2.38 bits per heavy atom. The number of anilines is 1. The predicted octanol–water partition coefficient (Wildman–Crippen LogP) is 5.20. The van der Waals surface area contributed by atoms with Crippen molar-refractivity contribution in [2.24, 2.45) is 5.92 Å². The van der Waals surface area contributed by atoms with Crippen LogP contribution < -0.4 is 4.72 Å². The van der Waals surface area contributed by atoms with Crippen LogP contribution in [0.4, 0.5) is 10.5 Å². The lowest BCUT2D eigenvalue weighted by Crippen LogP contribution is -2.61. The number of benzene rings is 2. The van der Waals surface area contributed by atoms with Gasteiger partial charge in [0.15, 0.2) is 0 Å². The molecule has 10 heteroatoms. The van der Waals surface area contributed by atoms with Crippen LogP contribution in [0.5, 0.6) is 0 Å². The van der Waals surface area contributed by atoms with E-state index in [0.717, 1.165) is 18.2 Å². The number of fused-ring (bicyclic) bond motifs is 1. The van der Waals surface area contributed by atoms with Gasteiger partial charge in [0.05, 0.1) is 11.6 Å². The van der Waals surface area contributed by atoms with E-state index in [1.54, 1.807) is 59.6 Å². The maximum absolute atomic E-state index is 13.5. The number of carbonyl (C=O) groups is 2. The fourth-order valence-electron chi connectivity index (χ4n) is 6.03. The number of hydrogen-bond donors (Lipinski definition) is 2. The van der Waals surface area contributed by atoms with Gasteiger partial charge in [-0.05, 0) is 62.1 Å². The Labute approximate surface area is 228 Å². The molecular weight excluding hydrogens is 516 g/mol. The molecule has 2 aromatic carbocycles. The van der Waals surface area contributed by atoms with Gasteiger partial charge in [-0.25, -0.2) is 13.2 Å². The molecule has 1 saturated carbocycles. The van der Waals surface area contributed by atoms with Crippen molar-refractivity contribution in [3.63, 3.8) is 0 Å². The summed E-state index contributed by atoms with van der Waals surface area (Å²) in [6.45, 7) is 2.51. The number of hydrogen-bond acceptors (Lipinski definition) is 5. The molecule has 0 radical (unpaired) electrons. The molecule has 2 fully saturated rings. The standard InChI is InChI=1S/C29H34N4O5S/c1-20-25(16-11-21-6-2-3-7-21)33(29(35)36)19-18-32(20)28(34)23-12-14-24(15-13-23)31-39(37,38)26-10-4-8-22-9-5-17-30-27(22)26/h4-5,8-10,12-15,17,20-21,25,31H,2-3,6-7,11,16,18-19H2,1H3,(H,35,36). The Hall–Kier alpha value is -3.66. The van der Waals surface area contributed by atoms with Crippen LogP contribution in [0.15, 0.2) is 65.7 Å². The summed E-state index contributed by atoms with van der Waals surface area (Å²) in [6.07, 6.45) is 7.20. The third-order valence-electron chi connectivity index (χ3n) is 8.15. The average molecular weight is 551 g/mol. The SMILES string of the molecule is CC1C(CCC2CCCC2)N(C(=O)O)CCN1C(=O)c1ccc(NS(=O)(=O)c2cccc3cccnc23)cc1. The number of nitrogens with one attached hydrogen (secondary N) is 1. The topological polar surface area (TPSA) is 120 Å². The second-order valence-electron chi connectivity index (χ2n) is 10.5. The summed E-state index contributed by atoms with van der Waals surface area (Å²) in [5.74, 6) is 0.450. The van der Waals surface area contributed by atoms with Gasteiger partial charge in [0.25, 0.3) is 15.9 Å². The number of amides is 2. The third-order valence-corrected chi connectivity index (χ3v) is 9.56. The van der Waals surface area contributed by atoms with E-state index in [1.807, 2.05) is 6.92 Å². The number of para-hydroxylation sites is 1. The molecule has 39 heavy (non-hydrogen) atoms. The first kappa shape index (κ1) is 26.9. The van der Waals surface area contributed by atoms with Gasteiger partial charge in [0.1, 0.15) is 4.90 Å². The maximum Gasteiger partial charge on any atom is 0.407 e. The Balaban J connectivity index is 1.29. The third kappa shape index (κ3) is 5.71. The highest BCUT2D eigenvalue weighted by Crippen LogP contribution is 2.32. The van der Waals surface area contributed by atoms with E-state index in [2.05, 4.69) is 9.71 Å². The van der Waals surface area contributed by atoms with Crippen molar-refractivity contribution in [1.29, 1.82) is 0 Å². The van der Waals surface area contributed by atoms with Gasteiger partial charge in [0.2, 0.25) is 0 Å². The minimum absolute atomic E-state index is 0.0783. The van der Waals surface area contributed by atoms with Crippen molar-refractivity contribution in [2.45, 2.75) is 62.4 Å². The average Bonchev–Trinajstić information content (AvgIpc) is 3.45. The van der Waals surface area contributed by atoms with Crippen molar-refractivity contribution in [2.75, 3.05) is 17.8 Å². The Morgan fingerprint density at radius 2 is 1.67 bits per heavy atom. The van der Waals surface area contributed by atoms with E-state index in [4.69, 9.17) is 0 Å². The number of rotatable bonds is 7. The van der Waals surface area contributed by atoms with Gasteiger partial charge in [-0.3, -0.25) is 14.5 Å². The van der Waals surface area contributed by atoms with E-state index in [-0.39, 0.29) is 29.4 Å². The molecule has 3 aromatic rings. The zero-order valence-electron chi connectivity index (χ0n) is 22.0. The number of piperazine rings is 1. The minimum Gasteiger partial charge on any atom is -0.465 e. The summed E-state index contributed by atoms with van der Waals surface area (Å²) in [6, 6.07) is 14.4. The fourth-order valence-corrected chi connectivity index (χ4v) is 7.27. The molecule has 206 valence electrons. The van der Waals surface area contributed by atoms with Crippen LogP contribution in [0.3, 0.4) is 0 Å². The van der Waals surface area contributed by atoms with Crippen molar-refractivity contribution in [1.82, 2.24) is 14.8 Å². The van der Waals surface area contributed by atoms with Crippen LogP contribution in [0, 0.1) is 5.92 Å². The molecule has 1 aromatic heterocycles. The molecule has 1 aliphatic carbocycles. The second-order valence-corrected chi connectivity index (χ2v) is 12.2. The number of sulfonamides is 1. The molecule has 1 aliphatic heterocycles. The van der Waals surface area contributed by atoms with Gasteiger partial charge < -0.3 is 14.9 Å². The zero-order chi connectivity index (χ0) is 27.6. The summed E-state index contributed by atoms with van der Waals surface area (Å²) < 4.78 is 28.8. The molecule has 1 saturated heterocycles. The smallest absolute Gasteiger partial charge is 0.407 e. The first-order chi connectivity index (χ1) is 18.7. The van der Waals surface area contributed by atoms with E-state index in [9.17, 15) is 23.1 Å². The highest BCUT2D eigenvalue weighted by Gasteiger charge is 2.39. The zero-order valence-corrected chi connectivity index (χ0v) is 22.8. The number of aromatic nitrogens is 1. The summed E-state index contributed by atoms with van der Waals surface area (Å²) in [5.41, 5.74) is 1.14. The van der Waals surface area contributed by atoms with Crippen LogP contribution in [0.1, 0.15) is 55.8 Å². The first-order valence-electron chi connectivity index (χ1n) is 13.5. The Kier molecular flexibility index (Phi) is 7.74. The highest BCUT2D eigenvalue weighted by molar-refractivity contribution is 7.93. The van der Waals surface area contributed by atoms with E-state index in [1.165, 1.54) is 36.6 Å². The Morgan fingerprint density at radius 1 is 0.974 bits per heavy atom. The van der Waals surface area contributed by atoms with Crippen LogP contribution in [0.2, 0.25) is 0 Å². The molecule has 9 nitrogen and oxygen atoms in total. The van der Waals surface area contributed by atoms with Crippen LogP contribution >= 0.6 is 0 Å². The number of nitrogens with zero attached hydrogens (tertiary/aromatic N) is 3. The molecule has 2 N–H and O–H groups in total. The van der Waals surface area contributed by atoms with Crippen LogP contribution in [-0.4, -0.2) is 65.5 Å². The van der Waals surface area contributed by atoms with Crippen LogP contribution in [0.25, 0.3) is 10.9 Å². The minimum atomic E-state index is -3.91. The molecule has 2 aliphatic rings. The molecular formula is C29H34N4O5S. The van der Waals surface area contributed by atoms with Crippen molar-refractivity contribution in [3.05, 3.63) is 66.4 Å². The molecule has 5 rings (SSSR count). The highest BCUT2D eigenvalue weighted by atomic mass is 32.2. The summed E-state index contributed by atoms with van der Waals surface area (Å²) in [5, 5.41) is 10.5. The summed E-state index contributed by atoms with van der Waals surface area (Å²) in [4.78, 5) is 33.0. The summed E-state index contributed by atoms with van der Waals surface area (Å²) in [7, 11) is -3.91. The molecule has 0 spiro atoms. The molecule has 2 amide bonds. The lowest BCUT2D eigenvalue weighted by molar-refractivity contribution is 0.0214. The van der Waals surface area contributed by atoms with Crippen molar-refractivity contribution >= 4 is 38.6 Å². The first-order valence-corrected chi connectivity index (χ1v) is 15.0. The van der Waals surface area contributed by atoms with Crippen molar-refractivity contribution in [3.8, 4) is 0 Å². The summed E-state index contributed by atoms with van der Waals surface area (Å²) >= 11 is 0. The van der Waals surface area contributed by atoms with Gasteiger partial charge in [0, 0.05) is 42.0 Å². The van der Waals surface area contributed by atoms with Crippen molar-refractivity contribution < 1.29 is 23.1 Å². The van der Waals surface area contributed by atoms with Gasteiger partial charge in [-0.1, -0.05) is 43.9 Å². The molecule has 2 atom stereocenters. The number of carbonyl (C=O) groups excluding carboxylic acids is 1. The fraction of sp³-hybridized carbons (Fsp3) is 0.414. The van der Waals surface area contributed by atoms with E-state index < -0.39 is 16.1 Å². The molecule has 2 heterocycles. The lowest BCUT2D eigenvalue weighted by Gasteiger charge is -2.45. The number of pyridine rings is 1. The second kappa shape index (κ2) is 11.2. The van der Waals surface area contributed by atoms with Crippen LogP contribution in [-0.2, 0) is 10.0 Å². The van der Waals surface area contributed by atoms with E-state index in [0.29, 0.717) is 29.2 Å². The lowest BCUT2D eigenvalue weighted by atomic mass is 9.92. The number of carboxylic acid groups (broad SMARTS) is 1. The van der Waals surface area contributed by atoms with Gasteiger partial charge in [-0.2, -0.15) is 0 Å². The Bertz CT molecular complexity index is 1450. The van der Waals surface area contributed by atoms with E-state index >= 15 is 0 Å². The quantitative estimate of drug-likeness (QED) is 0.417. The maximum atomic E-state index is 13.5. The predicted molar refractivity (Wildman–Crippen MR) is 149 cm³/mol.